The second-order valence-electron chi connectivity index (χ2n) is 7.01. The number of nitrogens with zero attached hydrogens (tertiary/aromatic N) is 1. The van der Waals surface area contributed by atoms with Crippen LogP contribution in [0.2, 0.25) is 0 Å². The minimum Gasteiger partial charge on any atom is -0.493 e. The second kappa shape index (κ2) is 7.37. The summed E-state index contributed by atoms with van der Waals surface area (Å²) in [5, 5.41) is 10.1. The van der Waals surface area contributed by atoms with Crippen molar-refractivity contribution in [3.05, 3.63) is 30.0 Å². The van der Waals surface area contributed by atoms with Gasteiger partial charge in [0.25, 0.3) is 5.91 Å². The molecule has 7 heteroatoms. The Balaban J connectivity index is 1.72. The van der Waals surface area contributed by atoms with Gasteiger partial charge in [-0.25, -0.2) is 0 Å². The Morgan fingerprint density at radius 3 is 2.73 bits per heavy atom. The molecular formula is C19H25N3O4. The van der Waals surface area contributed by atoms with Crippen molar-refractivity contribution in [3.63, 3.8) is 0 Å². The number of hydrogen-bond acceptors (Lipinski definition) is 5. The number of benzene rings is 1. The standard InChI is InChI=1S/C19H25N3O4/c1-19(2)11-13(7-8-26-19)20-18(23)15-10-14(21-22-15)12-5-6-16(24-3)17(9-12)25-4/h5-6,9-10,13H,7-8,11H2,1-4H3,(H,20,23)(H,21,22). The molecule has 2 heterocycles. The lowest BCUT2D eigenvalue weighted by Gasteiger charge is -2.35. The van der Waals surface area contributed by atoms with Crippen LogP contribution in [0.5, 0.6) is 11.5 Å². The van der Waals surface area contributed by atoms with E-state index in [9.17, 15) is 4.79 Å². The summed E-state index contributed by atoms with van der Waals surface area (Å²) in [5.41, 5.74) is 1.72. The van der Waals surface area contributed by atoms with Gasteiger partial charge in [0, 0.05) is 18.2 Å². The van der Waals surface area contributed by atoms with Gasteiger partial charge in [0.05, 0.1) is 25.5 Å². The molecule has 2 aromatic rings. The molecule has 1 aliphatic heterocycles. The van der Waals surface area contributed by atoms with Gasteiger partial charge in [-0.2, -0.15) is 5.10 Å². The van der Waals surface area contributed by atoms with Gasteiger partial charge >= 0.3 is 0 Å². The van der Waals surface area contributed by atoms with E-state index in [0.717, 1.165) is 18.4 Å². The Bertz CT molecular complexity index is 785. The molecule has 0 saturated carbocycles. The molecule has 7 nitrogen and oxygen atoms in total. The first-order valence-corrected chi connectivity index (χ1v) is 8.64. The number of methoxy groups -OCH3 is 2. The summed E-state index contributed by atoms with van der Waals surface area (Å²) >= 11 is 0. The van der Waals surface area contributed by atoms with E-state index in [-0.39, 0.29) is 17.6 Å². The number of H-pyrrole nitrogens is 1. The van der Waals surface area contributed by atoms with E-state index in [1.165, 1.54) is 0 Å². The maximum Gasteiger partial charge on any atom is 0.269 e. The lowest BCUT2D eigenvalue weighted by Crippen LogP contribution is -2.45. The molecule has 1 unspecified atom stereocenters. The Morgan fingerprint density at radius 2 is 2.04 bits per heavy atom. The normalized spacial score (nSPS) is 19.0. The van der Waals surface area contributed by atoms with Crippen LogP contribution in [0.15, 0.2) is 24.3 Å². The van der Waals surface area contributed by atoms with Crippen molar-refractivity contribution in [1.29, 1.82) is 0 Å². The fourth-order valence-electron chi connectivity index (χ4n) is 3.20. The number of aromatic amines is 1. The van der Waals surface area contributed by atoms with Crippen molar-refractivity contribution < 1.29 is 19.0 Å². The quantitative estimate of drug-likeness (QED) is 0.857. The summed E-state index contributed by atoms with van der Waals surface area (Å²) in [6, 6.07) is 7.35. The molecular weight excluding hydrogens is 334 g/mol. The maximum atomic E-state index is 12.5. The number of ether oxygens (including phenoxy) is 3. The Hall–Kier alpha value is -2.54. The third kappa shape index (κ3) is 3.99. The van der Waals surface area contributed by atoms with Gasteiger partial charge in [0.15, 0.2) is 11.5 Å². The molecule has 1 aliphatic rings. The third-order valence-electron chi connectivity index (χ3n) is 4.53. The lowest BCUT2D eigenvalue weighted by atomic mass is 9.94. The second-order valence-corrected chi connectivity index (χ2v) is 7.01. The van der Waals surface area contributed by atoms with Gasteiger partial charge in [0.2, 0.25) is 0 Å². The van der Waals surface area contributed by atoms with Crippen LogP contribution in [0.4, 0.5) is 0 Å². The molecule has 0 radical (unpaired) electrons. The van der Waals surface area contributed by atoms with Crippen molar-refractivity contribution in [2.75, 3.05) is 20.8 Å². The van der Waals surface area contributed by atoms with Crippen molar-refractivity contribution in [3.8, 4) is 22.8 Å². The van der Waals surface area contributed by atoms with Crippen molar-refractivity contribution in [1.82, 2.24) is 15.5 Å². The van der Waals surface area contributed by atoms with Gasteiger partial charge in [-0.15, -0.1) is 0 Å². The fraction of sp³-hybridized carbons (Fsp3) is 0.474. The lowest BCUT2D eigenvalue weighted by molar-refractivity contribution is -0.0615. The average Bonchev–Trinajstić information content (AvgIpc) is 3.10. The van der Waals surface area contributed by atoms with Crippen LogP contribution in [-0.2, 0) is 4.74 Å². The average molecular weight is 359 g/mol. The monoisotopic (exact) mass is 359 g/mol. The highest BCUT2D eigenvalue weighted by molar-refractivity contribution is 5.93. The zero-order valence-corrected chi connectivity index (χ0v) is 15.6. The summed E-state index contributed by atoms with van der Waals surface area (Å²) < 4.78 is 16.3. The number of rotatable bonds is 5. The van der Waals surface area contributed by atoms with Crippen LogP contribution in [0.25, 0.3) is 11.3 Å². The molecule has 1 saturated heterocycles. The molecule has 2 N–H and O–H groups in total. The number of nitrogens with one attached hydrogen (secondary N) is 2. The summed E-state index contributed by atoms with van der Waals surface area (Å²) in [7, 11) is 3.17. The van der Waals surface area contributed by atoms with Crippen LogP contribution in [0.3, 0.4) is 0 Å². The van der Waals surface area contributed by atoms with Crippen LogP contribution >= 0.6 is 0 Å². The molecule has 0 aliphatic carbocycles. The van der Waals surface area contributed by atoms with E-state index in [1.54, 1.807) is 20.3 Å². The first-order chi connectivity index (χ1) is 12.4. The van der Waals surface area contributed by atoms with E-state index in [1.807, 2.05) is 32.0 Å². The van der Waals surface area contributed by atoms with E-state index in [4.69, 9.17) is 14.2 Å². The minimum atomic E-state index is -0.213. The third-order valence-corrected chi connectivity index (χ3v) is 4.53. The topological polar surface area (TPSA) is 85.5 Å². The van der Waals surface area contributed by atoms with Crippen LogP contribution in [-0.4, -0.2) is 48.6 Å². The predicted octanol–water partition coefficient (Wildman–Crippen LogP) is 2.78. The molecule has 26 heavy (non-hydrogen) atoms. The van der Waals surface area contributed by atoms with Crippen molar-refractivity contribution in [2.24, 2.45) is 0 Å². The van der Waals surface area contributed by atoms with Gasteiger partial charge in [-0.3, -0.25) is 9.89 Å². The maximum absolute atomic E-state index is 12.5. The largest absolute Gasteiger partial charge is 0.493 e. The van der Waals surface area contributed by atoms with Gasteiger partial charge in [-0.05, 0) is 51.0 Å². The van der Waals surface area contributed by atoms with Crippen LogP contribution < -0.4 is 14.8 Å². The van der Waals surface area contributed by atoms with Crippen molar-refractivity contribution in [2.45, 2.75) is 38.3 Å². The zero-order chi connectivity index (χ0) is 18.7. The van der Waals surface area contributed by atoms with Crippen LogP contribution in [0, 0.1) is 0 Å². The number of aromatic nitrogens is 2. The first kappa shape index (κ1) is 18.3. The van der Waals surface area contributed by atoms with E-state index in [2.05, 4.69) is 15.5 Å². The van der Waals surface area contributed by atoms with Gasteiger partial charge in [0.1, 0.15) is 5.69 Å². The highest BCUT2D eigenvalue weighted by atomic mass is 16.5. The Labute approximate surface area is 153 Å². The number of carbonyl (C=O) groups excluding carboxylic acids is 1. The van der Waals surface area contributed by atoms with Crippen LogP contribution in [0.1, 0.15) is 37.2 Å². The molecule has 3 rings (SSSR count). The molecule has 1 amide bonds. The van der Waals surface area contributed by atoms with E-state index in [0.29, 0.717) is 29.5 Å². The first-order valence-electron chi connectivity index (χ1n) is 8.64. The molecule has 1 aromatic heterocycles. The Kier molecular flexibility index (Phi) is 5.18. The van der Waals surface area contributed by atoms with Crippen molar-refractivity contribution >= 4 is 5.91 Å². The Morgan fingerprint density at radius 1 is 1.27 bits per heavy atom. The molecule has 1 aromatic carbocycles. The molecule has 140 valence electrons. The zero-order valence-electron chi connectivity index (χ0n) is 15.6. The predicted molar refractivity (Wildman–Crippen MR) is 97.6 cm³/mol. The summed E-state index contributed by atoms with van der Waals surface area (Å²) in [4.78, 5) is 12.5. The molecule has 1 fully saturated rings. The van der Waals surface area contributed by atoms with Gasteiger partial charge in [-0.1, -0.05) is 0 Å². The number of carbonyl (C=O) groups is 1. The molecule has 0 spiro atoms. The molecule has 1 atom stereocenters. The summed E-state index contributed by atoms with van der Waals surface area (Å²) in [5.74, 6) is 1.10. The van der Waals surface area contributed by atoms with Gasteiger partial charge < -0.3 is 19.5 Å². The van der Waals surface area contributed by atoms with E-state index < -0.39 is 0 Å². The minimum absolute atomic E-state index is 0.0964. The molecule has 0 bridgehead atoms. The summed E-state index contributed by atoms with van der Waals surface area (Å²) in [6.45, 7) is 4.73. The number of amides is 1. The number of hydrogen-bond donors (Lipinski definition) is 2. The SMILES string of the molecule is COc1ccc(-c2cc(C(=O)NC3CCOC(C)(C)C3)[nH]n2)cc1OC. The van der Waals surface area contributed by atoms with E-state index >= 15 is 0 Å². The summed E-state index contributed by atoms with van der Waals surface area (Å²) in [6.07, 6.45) is 1.60. The smallest absolute Gasteiger partial charge is 0.269 e. The highest BCUT2D eigenvalue weighted by Crippen LogP contribution is 2.31. The highest BCUT2D eigenvalue weighted by Gasteiger charge is 2.30. The fourth-order valence-corrected chi connectivity index (χ4v) is 3.20.